The minimum Gasteiger partial charge on any atom is -0.490 e. The summed E-state index contributed by atoms with van der Waals surface area (Å²) in [7, 11) is 0. The van der Waals surface area contributed by atoms with Gasteiger partial charge >= 0.3 is 0 Å². The highest BCUT2D eigenvalue weighted by atomic mass is 79.9. The predicted octanol–water partition coefficient (Wildman–Crippen LogP) is 5.93. The molecule has 0 saturated heterocycles. The molecule has 2 rings (SSSR count). The van der Waals surface area contributed by atoms with Gasteiger partial charge in [-0.1, -0.05) is 63.9 Å². The fourth-order valence-corrected chi connectivity index (χ4v) is 3.10. The molecule has 21 heavy (non-hydrogen) atoms. The van der Waals surface area contributed by atoms with Gasteiger partial charge in [-0.05, 0) is 29.8 Å². The van der Waals surface area contributed by atoms with E-state index in [4.69, 9.17) is 27.9 Å². The van der Waals surface area contributed by atoms with Crippen LogP contribution < -0.4 is 10.1 Å². The molecule has 0 aliphatic heterocycles. The first kappa shape index (κ1) is 16.2. The second kappa shape index (κ2) is 7.74. The molecule has 0 heterocycles. The fraction of sp³-hybridized carbons (Fsp3) is 0.125. The minimum absolute atomic E-state index is 0.502. The molecule has 0 aromatic heterocycles. The molecule has 2 aromatic carbocycles. The summed E-state index contributed by atoms with van der Waals surface area (Å²) in [5, 5.41) is 4.41. The maximum Gasteiger partial charge on any atom is 0.119 e. The monoisotopic (exact) mass is 385 g/mol. The van der Waals surface area contributed by atoms with Crippen LogP contribution in [0.1, 0.15) is 5.56 Å². The maximum atomic E-state index is 6.18. The van der Waals surface area contributed by atoms with Crippen molar-refractivity contribution in [2.24, 2.45) is 0 Å². The highest BCUT2D eigenvalue weighted by Crippen LogP contribution is 2.34. The molecular formula is C16H14BrCl2NO. The molecule has 0 radical (unpaired) electrons. The topological polar surface area (TPSA) is 21.3 Å². The fourth-order valence-electron chi connectivity index (χ4n) is 1.76. The lowest BCUT2D eigenvalue weighted by Gasteiger charge is -2.11. The SMILES string of the molecule is C=CCOc1ccc(CNc2c(Cl)cc(Br)cc2Cl)cc1. The van der Waals surface area contributed by atoms with Gasteiger partial charge < -0.3 is 10.1 Å². The van der Waals surface area contributed by atoms with Crippen LogP contribution in [-0.2, 0) is 6.54 Å². The smallest absolute Gasteiger partial charge is 0.119 e. The van der Waals surface area contributed by atoms with Crippen LogP contribution in [0, 0.1) is 0 Å². The van der Waals surface area contributed by atoms with Crippen LogP contribution in [0.5, 0.6) is 5.75 Å². The standard InChI is InChI=1S/C16H14BrCl2NO/c1-2-7-21-13-5-3-11(4-6-13)10-20-16-14(18)8-12(17)9-15(16)19/h2-6,8-9,20H,1,7,10H2. The summed E-state index contributed by atoms with van der Waals surface area (Å²) in [4.78, 5) is 0. The van der Waals surface area contributed by atoms with Crippen LogP contribution in [0.25, 0.3) is 0 Å². The summed E-state index contributed by atoms with van der Waals surface area (Å²) in [5.41, 5.74) is 1.84. The number of hydrogen-bond acceptors (Lipinski definition) is 2. The second-order valence-electron chi connectivity index (χ2n) is 4.34. The van der Waals surface area contributed by atoms with Crippen molar-refractivity contribution in [3.63, 3.8) is 0 Å². The van der Waals surface area contributed by atoms with Gasteiger partial charge in [-0.2, -0.15) is 0 Å². The summed E-state index contributed by atoms with van der Waals surface area (Å²) in [6.45, 7) is 4.75. The number of halogens is 3. The van der Waals surface area contributed by atoms with E-state index in [2.05, 4.69) is 27.8 Å². The summed E-state index contributed by atoms with van der Waals surface area (Å²) in [5.74, 6) is 0.818. The summed E-state index contributed by atoms with van der Waals surface area (Å²) >= 11 is 15.7. The van der Waals surface area contributed by atoms with E-state index >= 15 is 0 Å². The Hall–Kier alpha value is -1.16. The van der Waals surface area contributed by atoms with Gasteiger partial charge in [-0.25, -0.2) is 0 Å². The third-order valence-electron chi connectivity index (χ3n) is 2.77. The zero-order valence-corrected chi connectivity index (χ0v) is 14.3. The molecule has 0 spiro atoms. The van der Waals surface area contributed by atoms with E-state index < -0.39 is 0 Å². The van der Waals surface area contributed by atoms with Gasteiger partial charge in [0.1, 0.15) is 12.4 Å². The van der Waals surface area contributed by atoms with Crippen molar-refractivity contribution >= 4 is 44.8 Å². The van der Waals surface area contributed by atoms with E-state index in [-0.39, 0.29) is 0 Å². The van der Waals surface area contributed by atoms with E-state index in [1.54, 1.807) is 6.08 Å². The van der Waals surface area contributed by atoms with Crippen molar-refractivity contribution in [1.82, 2.24) is 0 Å². The van der Waals surface area contributed by atoms with Crippen LogP contribution in [-0.4, -0.2) is 6.61 Å². The Balaban J connectivity index is 2.01. The molecule has 0 aliphatic carbocycles. The molecule has 0 bridgehead atoms. The van der Waals surface area contributed by atoms with E-state index in [1.165, 1.54) is 0 Å². The quantitative estimate of drug-likeness (QED) is 0.621. The molecule has 1 N–H and O–H groups in total. The molecule has 0 aliphatic rings. The molecule has 5 heteroatoms. The zero-order chi connectivity index (χ0) is 15.2. The normalized spacial score (nSPS) is 10.2. The van der Waals surface area contributed by atoms with Gasteiger partial charge in [-0.15, -0.1) is 0 Å². The van der Waals surface area contributed by atoms with Crippen LogP contribution in [0.3, 0.4) is 0 Å². The van der Waals surface area contributed by atoms with Crippen molar-refractivity contribution in [3.8, 4) is 5.75 Å². The number of benzene rings is 2. The molecule has 0 unspecified atom stereocenters. The molecule has 2 aromatic rings. The Morgan fingerprint density at radius 3 is 2.33 bits per heavy atom. The molecule has 110 valence electrons. The third kappa shape index (κ3) is 4.67. The van der Waals surface area contributed by atoms with E-state index in [1.807, 2.05) is 36.4 Å². The lowest BCUT2D eigenvalue weighted by atomic mass is 10.2. The average molecular weight is 387 g/mol. The Labute approximate surface area is 142 Å². The molecule has 0 fully saturated rings. The lowest BCUT2D eigenvalue weighted by Crippen LogP contribution is -2.01. The van der Waals surface area contributed by atoms with E-state index in [9.17, 15) is 0 Å². The molecule has 0 saturated carbocycles. The van der Waals surface area contributed by atoms with Gasteiger partial charge in [0.25, 0.3) is 0 Å². The number of rotatable bonds is 6. The van der Waals surface area contributed by atoms with E-state index in [0.29, 0.717) is 23.2 Å². The first-order valence-electron chi connectivity index (χ1n) is 6.31. The lowest BCUT2D eigenvalue weighted by molar-refractivity contribution is 0.363. The highest BCUT2D eigenvalue weighted by molar-refractivity contribution is 9.10. The number of anilines is 1. The van der Waals surface area contributed by atoms with Gasteiger partial charge in [0.2, 0.25) is 0 Å². The molecule has 0 amide bonds. The van der Waals surface area contributed by atoms with Crippen molar-refractivity contribution in [1.29, 1.82) is 0 Å². The number of hydrogen-bond donors (Lipinski definition) is 1. The van der Waals surface area contributed by atoms with Crippen LogP contribution in [0.15, 0.2) is 53.5 Å². The van der Waals surface area contributed by atoms with Crippen molar-refractivity contribution in [2.45, 2.75) is 6.54 Å². The number of nitrogens with one attached hydrogen (secondary N) is 1. The molecular weight excluding hydrogens is 373 g/mol. The van der Waals surface area contributed by atoms with Crippen LogP contribution >= 0.6 is 39.1 Å². The average Bonchev–Trinajstić information content (AvgIpc) is 2.45. The summed E-state index contributed by atoms with van der Waals surface area (Å²) in [6.07, 6.45) is 1.72. The maximum absolute atomic E-state index is 6.18. The Morgan fingerprint density at radius 2 is 1.76 bits per heavy atom. The van der Waals surface area contributed by atoms with Gasteiger partial charge in [-0.3, -0.25) is 0 Å². The summed E-state index contributed by atoms with van der Waals surface area (Å²) < 4.78 is 6.29. The number of ether oxygens (including phenoxy) is 1. The van der Waals surface area contributed by atoms with Crippen molar-refractivity contribution in [3.05, 3.63) is 69.1 Å². The van der Waals surface area contributed by atoms with E-state index in [0.717, 1.165) is 21.5 Å². The van der Waals surface area contributed by atoms with Gasteiger partial charge in [0, 0.05) is 11.0 Å². The van der Waals surface area contributed by atoms with Gasteiger partial charge in [0.05, 0.1) is 15.7 Å². The van der Waals surface area contributed by atoms with Crippen molar-refractivity contribution < 1.29 is 4.74 Å². The molecule has 0 atom stereocenters. The summed E-state index contributed by atoms with van der Waals surface area (Å²) in [6, 6.07) is 11.4. The van der Waals surface area contributed by atoms with Crippen LogP contribution in [0.2, 0.25) is 10.0 Å². The molecule has 2 nitrogen and oxygen atoms in total. The minimum atomic E-state index is 0.502. The Bertz CT molecular complexity index is 606. The predicted molar refractivity (Wildman–Crippen MR) is 93.6 cm³/mol. The second-order valence-corrected chi connectivity index (χ2v) is 6.07. The first-order valence-corrected chi connectivity index (χ1v) is 7.86. The highest BCUT2D eigenvalue weighted by Gasteiger charge is 2.07. The van der Waals surface area contributed by atoms with Gasteiger partial charge in [0.15, 0.2) is 0 Å². The Morgan fingerprint density at radius 1 is 1.14 bits per heavy atom. The largest absolute Gasteiger partial charge is 0.490 e. The third-order valence-corrected chi connectivity index (χ3v) is 3.82. The Kier molecular flexibility index (Phi) is 5.97. The van der Waals surface area contributed by atoms with Crippen molar-refractivity contribution in [2.75, 3.05) is 11.9 Å². The first-order chi connectivity index (χ1) is 10.1. The van der Waals surface area contributed by atoms with Crippen LogP contribution in [0.4, 0.5) is 5.69 Å². The zero-order valence-electron chi connectivity index (χ0n) is 11.2.